The van der Waals surface area contributed by atoms with Gasteiger partial charge in [0.2, 0.25) is 5.16 Å². The Labute approximate surface area is 105 Å². The van der Waals surface area contributed by atoms with Gasteiger partial charge in [0.25, 0.3) is 0 Å². The fourth-order valence-corrected chi connectivity index (χ4v) is 2.25. The fourth-order valence-electron chi connectivity index (χ4n) is 1.44. The molecule has 3 aromatic rings. The van der Waals surface area contributed by atoms with E-state index in [0.29, 0.717) is 16.0 Å². The molecule has 92 valence electrons. The topological polar surface area (TPSA) is 112 Å². The minimum absolute atomic E-state index is 0.540. The van der Waals surface area contributed by atoms with Crippen LogP contribution in [0.5, 0.6) is 0 Å². The third-order valence-electron chi connectivity index (χ3n) is 2.26. The number of aryl methyl sites for hydroxylation is 1. The van der Waals surface area contributed by atoms with Crippen LogP contribution < -0.4 is 11.3 Å². The molecule has 3 N–H and O–H groups in total. The molecule has 9 nitrogen and oxygen atoms in total. The van der Waals surface area contributed by atoms with Gasteiger partial charge in [-0.15, -0.1) is 5.10 Å². The minimum atomic E-state index is 0.540. The number of anilines is 1. The highest BCUT2D eigenvalue weighted by molar-refractivity contribution is 7.99. The van der Waals surface area contributed by atoms with Crippen LogP contribution in [0.1, 0.15) is 0 Å². The molecule has 0 fully saturated rings. The van der Waals surface area contributed by atoms with Crippen molar-refractivity contribution in [3.8, 4) is 0 Å². The smallest absolute Gasteiger partial charge is 0.215 e. The fraction of sp³-hybridized carbons (Fsp3) is 0.125. The van der Waals surface area contributed by atoms with Gasteiger partial charge in [0.1, 0.15) is 5.03 Å². The minimum Gasteiger partial charge on any atom is -0.307 e. The van der Waals surface area contributed by atoms with Crippen molar-refractivity contribution in [3.05, 3.63) is 18.6 Å². The van der Waals surface area contributed by atoms with Crippen LogP contribution in [0.3, 0.4) is 0 Å². The molecule has 18 heavy (non-hydrogen) atoms. The largest absolute Gasteiger partial charge is 0.307 e. The number of nitrogens with zero attached hydrogens (tertiary/aromatic N) is 7. The quantitative estimate of drug-likeness (QED) is 0.489. The van der Waals surface area contributed by atoms with E-state index in [1.807, 2.05) is 10.6 Å². The van der Waals surface area contributed by atoms with Gasteiger partial charge in [-0.05, 0) is 22.2 Å². The molecule has 0 atom stereocenters. The number of fused-ring (bicyclic) bond motifs is 1. The summed E-state index contributed by atoms with van der Waals surface area (Å²) in [7, 11) is 1.76. The van der Waals surface area contributed by atoms with Crippen molar-refractivity contribution in [2.45, 2.75) is 10.2 Å². The molecule has 0 saturated carbocycles. The second kappa shape index (κ2) is 4.23. The molecule has 3 heterocycles. The summed E-state index contributed by atoms with van der Waals surface area (Å²) >= 11 is 1.32. The molecule has 0 aromatic carbocycles. The van der Waals surface area contributed by atoms with E-state index in [4.69, 9.17) is 5.84 Å². The lowest BCUT2D eigenvalue weighted by atomic mass is 10.6. The Hall–Kier alpha value is -2.20. The molecular formula is C8H9N9S. The third-order valence-corrected chi connectivity index (χ3v) is 3.26. The van der Waals surface area contributed by atoms with Crippen LogP contribution in [0.4, 0.5) is 5.82 Å². The van der Waals surface area contributed by atoms with E-state index in [9.17, 15) is 0 Å². The number of hydrogen-bond donors (Lipinski definition) is 2. The Bertz CT molecular complexity index is 687. The predicted molar refractivity (Wildman–Crippen MR) is 63.7 cm³/mol. The first-order valence-corrected chi connectivity index (χ1v) is 5.80. The Kier molecular flexibility index (Phi) is 2.57. The summed E-state index contributed by atoms with van der Waals surface area (Å²) in [6.07, 6.45) is 5.26. The number of aromatic nitrogens is 7. The zero-order valence-electron chi connectivity index (χ0n) is 9.35. The first-order chi connectivity index (χ1) is 8.78. The highest BCUT2D eigenvalue weighted by Crippen LogP contribution is 2.27. The monoisotopic (exact) mass is 263 g/mol. The van der Waals surface area contributed by atoms with E-state index in [1.165, 1.54) is 11.8 Å². The molecule has 0 amide bonds. The summed E-state index contributed by atoms with van der Waals surface area (Å²) in [6, 6.07) is 0. The van der Waals surface area contributed by atoms with Crippen LogP contribution in [-0.2, 0) is 7.05 Å². The Morgan fingerprint density at radius 2 is 2.33 bits per heavy atom. The van der Waals surface area contributed by atoms with Crippen LogP contribution in [0.15, 0.2) is 28.8 Å². The number of nitrogens with one attached hydrogen (secondary N) is 1. The molecule has 0 aliphatic rings. The van der Waals surface area contributed by atoms with Gasteiger partial charge in [0, 0.05) is 19.4 Å². The van der Waals surface area contributed by atoms with Gasteiger partial charge in [-0.2, -0.15) is 0 Å². The molecule has 0 saturated heterocycles. The number of nitrogens with two attached hydrogens (primary N) is 1. The molecule has 0 aliphatic heterocycles. The molecule has 3 aromatic heterocycles. The number of tetrazole rings is 1. The van der Waals surface area contributed by atoms with E-state index < -0.39 is 0 Å². The summed E-state index contributed by atoms with van der Waals surface area (Å²) in [6.45, 7) is 0. The number of hydrazine groups is 1. The maximum atomic E-state index is 5.38. The normalized spacial score (nSPS) is 11.0. The molecule has 10 heteroatoms. The van der Waals surface area contributed by atoms with Crippen LogP contribution in [-0.4, -0.2) is 34.6 Å². The summed E-state index contributed by atoms with van der Waals surface area (Å²) in [5.41, 5.74) is 3.24. The maximum absolute atomic E-state index is 5.38. The van der Waals surface area contributed by atoms with E-state index in [-0.39, 0.29) is 0 Å². The highest BCUT2D eigenvalue weighted by atomic mass is 32.2. The first-order valence-electron chi connectivity index (χ1n) is 4.98. The molecule has 0 unspecified atom stereocenters. The standard InChI is InChI=1S/C8H9N9S/c1-16-8(13-14-15-16)18-7-6-10-2-3-17(6)4-5(11-7)12-9/h2-4,12H,9H2,1H3. The van der Waals surface area contributed by atoms with Crippen molar-refractivity contribution in [2.24, 2.45) is 12.9 Å². The lowest BCUT2D eigenvalue weighted by molar-refractivity contribution is 0.664. The Balaban J connectivity index is 2.10. The van der Waals surface area contributed by atoms with E-state index in [0.717, 1.165) is 5.65 Å². The predicted octanol–water partition coefficient (Wildman–Crippen LogP) is -0.310. The first kappa shape index (κ1) is 10.9. The molecular weight excluding hydrogens is 254 g/mol. The van der Waals surface area contributed by atoms with Crippen LogP contribution in [0.2, 0.25) is 0 Å². The average Bonchev–Trinajstić information content (AvgIpc) is 2.98. The molecule has 3 rings (SSSR count). The molecule has 0 spiro atoms. The van der Waals surface area contributed by atoms with Crippen LogP contribution in [0.25, 0.3) is 5.65 Å². The molecule has 0 radical (unpaired) electrons. The third kappa shape index (κ3) is 1.76. The number of rotatable bonds is 3. The van der Waals surface area contributed by atoms with Crippen molar-refractivity contribution in [2.75, 3.05) is 5.43 Å². The Morgan fingerprint density at radius 3 is 3.06 bits per heavy atom. The highest BCUT2D eigenvalue weighted by Gasteiger charge is 2.12. The van der Waals surface area contributed by atoms with Crippen LogP contribution >= 0.6 is 11.8 Å². The zero-order valence-corrected chi connectivity index (χ0v) is 10.2. The van der Waals surface area contributed by atoms with Gasteiger partial charge < -0.3 is 9.83 Å². The lowest BCUT2D eigenvalue weighted by Gasteiger charge is -2.05. The van der Waals surface area contributed by atoms with E-state index >= 15 is 0 Å². The van der Waals surface area contributed by atoms with Crippen molar-refractivity contribution in [3.63, 3.8) is 0 Å². The second-order valence-electron chi connectivity index (χ2n) is 3.42. The number of imidazole rings is 1. The van der Waals surface area contributed by atoms with Gasteiger partial charge in [-0.3, -0.25) is 0 Å². The zero-order chi connectivity index (χ0) is 12.5. The SMILES string of the molecule is Cn1nnnc1Sc1nc(NN)cn2ccnc12. The summed E-state index contributed by atoms with van der Waals surface area (Å²) in [5.74, 6) is 5.92. The van der Waals surface area contributed by atoms with Gasteiger partial charge >= 0.3 is 0 Å². The lowest BCUT2D eigenvalue weighted by Crippen LogP contribution is -2.10. The molecule has 0 bridgehead atoms. The maximum Gasteiger partial charge on any atom is 0.215 e. The van der Waals surface area contributed by atoms with Gasteiger partial charge in [-0.25, -0.2) is 20.5 Å². The van der Waals surface area contributed by atoms with E-state index in [1.54, 1.807) is 24.1 Å². The second-order valence-corrected chi connectivity index (χ2v) is 4.38. The van der Waals surface area contributed by atoms with Gasteiger partial charge in [0.05, 0.1) is 6.20 Å². The van der Waals surface area contributed by atoms with Crippen molar-refractivity contribution >= 4 is 23.2 Å². The van der Waals surface area contributed by atoms with Gasteiger partial charge in [0.15, 0.2) is 11.5 Å². The molecule has 0 aliphatic carbocycles. The van der Waals surface area contributed by atoms with Crippen LogP contribution in [0, 0.1) is 0 Å². The average molecular weight is 263 g/mol. The summed E-state index contributed by atoms with van der Waals surface area (Å²) < 4.78 is 3.39. The number of hydrogen-bond acceptors (Lipinski definition) is 8. The Morgan fingerprint density at radius 1 is 1.44 bits per heavy atom. The van der Waals surface area contributed by atoms with E-state index in [2.05, 4.69) is 30.9 Å². The number of nitrogen functional groups attached to an aromatic ring is 1. The van der Waals surface area contributed by atoms with Gasteiger partial charge in [-0.1, -0.05) is 0 Å². The summed E-state index contributed by atoms with van der Waals surface area (Å²) in [4.78, 5) is 8.58. The van der Waals surface area contributed by atoms with Crippen molar-refractivity contribution in [1.29, 1.82) is 0 Å². The summed E-state index contributed by atoms with van der Waals surface area (Å²) in [5, 5.41) is 12.5. The van der Waals surface area contributed by atoms with Crippen molar-refractivity contribution in [1.82, 2.24) is 34.6 Å². The van der Waals surface area contributed by atoms with Crippen molar-refractivity contribution < 1.29 is 0 Å².